The Bertz CT molecular complexity index is 989. The van der Waals surface area contributed by atoms with Crippen LogP contribution in [0.4, 0.5) is 13.2 Å². The minimum absolute atomic E-state index is 0.0304. The van der Waals surface area contributed by atoms with Gasteiger partial charge in [-0.1, -0.05) is 35.5 Å². The van der Waals surface area contributed by atoms with Crippen molar-refractivity contribution in [2.45, 2.75) is 25.8 Å². The normalized spacial score (nSPS) is 12.4. The number of hydrogen-bond acceptors (Lipinski definition) is 6. The lowest BCUT2D eigenvalue weighted by Gasteiger charge is -2.15. The molecule has 0 aliphatic rings. The Morgan fingerprint density at radius 2 is 1.97 bits per heavy atom. The lowest BCUT2D eigenvalue weighted by Crippen LogP contribution is -2.40. The van der Waals surface area contributed by atoms with Crippen molar-refractivity contribution in [3.63, 3.8) is 0 Å². The fourth-order valence-corrected chi connectivity index (χ4v) is 2.54. The molecule has 1 aromatic carbocycles. The Morgan fingerprint density at radius 1 is 1.23 bits per heavy atom. The zero-order valence-electron chi connectivity index (χ0n) is 15.8. The molecule has 3 rings (SSSR count). The van der Waals surface area contributed by atoms with Gasteiger partial charge in [-0.05, 0) is 13.0 Å². The maximum absolute atomic E-state index is 12.3. The van der Waals surface area contributed by atoms with E-state index in [1.54, 1.807) is 6.92 Å². The number of alkyl halides is 3. The van der Waals surface area contributed by atoms with Crippen LogP contribution in [-0.2, 0) is 6.61 Å². The van der Waals surface area contributed by atoms with Gasteiger partial charge in [0.1, 0.15) is 18.1 Å². The smallest absolute Gasteiger partial charge is 0.416 e. The third-order valence-corrected chi connectivity index (χ3v) is 4.23. The first-order chi connectivity index (χ1) is 14.3. The molecular formula is C20H18F3N3O4. The molecule has 0 aliphatic carbocycles. The molecular weight excluding hydrogens is 403 g/mol. The van der Waals surface area contributed by atoms with Gasteiger partial charge in [-0.3, -0.25) is 4.79 Å². The molecule has 0 radical (unpaired) electrons. The number of carbonyl (C=O) groups excluding carboxylic acids is 1. The second kappa shape index (κ2) is 8.95. The lowest BCUT2D eigenvalue weighted by molar-refractivity contribution is -0.201. The molecule has 2 heterocycles. The van der Waals surface area contributed by atoms with Gasteiger partial charge in [-0.15, -0.1) is 0 Å². The third kappa shape index (κ3) is 5.15. The van der Waals surface area contributed by atoms with Crippen molar-refractivity contribution < 1.29 is 32.3 Å². The number of amides is 1. The SMILES string of the molecule is Cc1onc(-c2ccccc2)c1COc1ccc(C(=O)NCC(O)C(F)(F)F)cn1. The summed E-state index contributed by atoms with van der Waals surface area (Å²) in [6, 6.07) is 12.2. The predicted molar refractivity (Wildman–Crippen MR) is 99.6 cm³/mol. The number of aryl methyl sites for hydroxylation is 1. The van der Waals surface area contributed by atoms with Crippen LogP contribution in [0.3, 0.4) is 0 Å². The van der Waals surface area contributed by atoms with Crippen LogP contribution in [0.5, 0.6) is 5.88 Å². The van der Waals surface area contributed by atoms with E-state index in [0.29, 0.717) is 11.5 Å². The second-order valence-corrected chi connectivity index (χ2v) is 6.37. The van der Waals surface area contributed by atoms with Crippen molar-refractivity contribution in [2.24, 2.45) is 0 Å². The van der Waals surface area contributed by atoms with Crippen molar-refractivity contribution >= 4 is 5.91 Å². The molecule has 1 amide bonds. The predicted octanol–water partition coefficient (Wildman–Crippen LogP) is 3.28. The molecule has 0 aliphatic heterocycles. The van der Waals surface area contributed by atoms with Gasteiger partial charge in [0.15, 0.2) is 6.10 Å². The molecule has 0 bridgehead atoms. The molecule has 0 spiro atoms. The van der Waals surface area contributed by atoms with Crippen molar-refractivity contribution in [3.05, 3.63) is 65.5 Å². The van der Waals surface area contributed by atoms with Crippen LogP contribution in [0.2, 0.25) is 0 Å². The number of pyridine rings is 1. The van der Waals surface area contributed by atoms with Crippen LogP contribution in [0.1, 0.15) is 21.7 Å². The summed E-state index contributed by atoms with van der Waals surface area (Å²) in [7, 11) is 0. The number of nitrogens with one attached hydrogen (secondary N) is 1. The topological polar surface area (TPSA) is 97.5 Å². The number of nitrogens with zero attached hydrogens (tertiary/aromatic N) is 2. The van der Waals surface area contributed by atoms with Gasteiger partial charge in [-0.2, -0.15) is 13.2 Å². The van der Waals surface area contributed by atoms with Gasteiger partial charge in [0, 0.05) is 17.8 Å². The molecule has 7 nitrogen and oxygen atoms in total. The quantitative estimate of drug-likeness (QED) is 0.608. The molecule has 0 fully saturated rings. The minimum atomic E-state index is -4.80. The Balaban J connectivity index is 1.61. The number of aromatic nitrogens is 2. The summed E-state index contributed by atoms with van der Waals surface area (Å²) < 4.78 is 47.7. The number of ether oxygens (including phenoxy) is 1. The van der Waals surface area contributed by atoms with E-state index in [1.807, 2.05) is 35.6 Å². The first kappa shape index (κ1) is 21.3. The summed E-state index contributed by atoms with van der Waals surface area (Å²) in [4.78, 5) is 15.9. The highest BCUT2D eigenvalue weighted by molar-refractivity contribution is 5.93. The number of hydrogen-bond donors (Lipinski definition) is 2. The second-order valence-electron chi connectivity index (χ2n) is 6.37. The molecule has 0 saturated heterocycles. The van der Waals surface area contributed by atoms with Gasteiger partial charge in [-0.25, -0.2) is 4.98 Å². The number of aliphatic hydroxyl groups excluding tert-OH is 1. The molecule has 2 N–H and O–H groups in total. The number of carbonyl (C=O) groups is 1. The first-order valence-corrected chi connectivity index (χ1v) is 8.88. The van der Waals surface area contributed by atoms with Crippen LogP contribution in [0.15, 0.2) is 53.2 Å². The average Bonchev–Trinajstić information content (AvgIpc) is 3.11. The highest BCUT2D eigenvalue weighted by Crippen LogP contribution is 2.26. The van der Waals surface area contributed by atoms with Crippen LogP contribution in [-0.4, -0.2) is 40.0 Å². The van der Waals surface area contributed by atoms with Crippen molar-refractivity contribution in [3.8, 4) is 17.1 Å². The van der Waals surface area contributed by atoms with Gasteiger partial charge < -0.3 is 19.7 Å². The molecule has 1 atom stereocenters. The summed E-state index contributed by atoms with van der Waals surface area (Å²) in [5.41, 5.74) is 2.29. The van der Waals surface area contributed by atoms with Crippen molar-refractivity contribution in [2.75, 3.05) is 6.54 Å². The Hall–Kier alpha value is -3.40. The maximum Gasteiger partial charge on any atom is 0.416 e. The van der Waals surface area contributed by atoms with Crippen LogP contribution in [0, 0.1) is 6.92 Å². The number of halogens is 3. The van der Waals surface area contributed by atoms with E-state index in [9.17, 15) is 18.0 Å². The molecule has 2 aromatic heterocycles. The van der Waals surface area contributed by atoms with Crippen molar-refractivity contribution in [1.82, 2.24) is 15.5 Å². The van der Waals surface area contributed by atoms with E-state index in [-0.39, 0.29) is 18.1 Å². The molecule has 10 heteroatoms. The number of rotatable bonds is 7. The van der Waals surface area contributed by atoms with Crippen LogP contribution < -0.4 is 10.1 Å². The third-order valence-electron chi connectivity index (χ3n) is 4.23. The monoisotopic (exact) mass is 421 g/mol. The summed E-state index contributed by atoms with van der Waals surface area (Å²) in [5, 5.41) is 15.0. The van der Waals surface area contributed by atoms with Gasteiger partial charge in [0.05, 0.1) is 17.7 Å². The Labute approximate surface area is 169 Å². The fraction of sp³-hybridized carbons (Fsp3) is 0.250. The van der Waals surface area contributed by atoms with E-state index in [4.69, 9.17) is 14.4 Å². The van der Waals surface area contributed by atoms with Crippen molar-refractivity contribution in [1.29, 1.82) is 0 Å². The number of benzene rings is 1. The van der Waals surface area contributed by atoms with Gasteiger partial charge >= 0.3 is 6.18 Å². The molecule has 158 valence electrons. The van der Waals surface area contributed by atoms with Gasteiger partial charge in [0.25, 0.3) is 5.91 Å². The lowest BCUT2D eigenvalue weighted by atomic mass is 10.1. The summed E-state index contributed by atoms with van der Waals surface area (Å²) in [6.45, 7) is 0.930. The van der Waals surface area contributed by atoms with E-state index < -0.39 is 24.7 Å². The highest BCUT2D eigenvalue weighted by atomic mass is 19.4. The Kier molecular flexibility index (Phi) is 6.36. The summed E-state index contributed by atoms with van der Waals surface area (Å²) in [5.74, 6) is 0.00755. The van der Waals surface area contributed by atoms with Crippen LogP contribution in [0.25, 0.3) is 11.3 Å². The van der Waals surface area contributed by atoms with E-state index in [1.165, 1.54) is 18.3 Å². The van der Waals surface area contributed by atoms with E-state index >= 15 is 0 Å². The standard InChI is InChI=1S/C20H18F3N3O4/c1-12-15(18(26-30-12)13-5-3-2-4-6-13)11-29-17-8-7-14(9-24-17)19(28)25-10-16(27)20(21,22)23/h2-9,16,27H,10-11H2,1H3,(H,25,28). The average molecular weight is 421 g/mol. The van der Waals surface area contributed by atoms with Gasteiger partial charge in [0.2, 0.25) is 5.88 Å². The largest absolute Gasteiger partial charge is 0.473 e. The molecule has 30 heavy (non-hydrogen) atoms. The molecule has 0 saturated carbocycles. The molecule has 3 aromatic rings. The summed E-state index contributed by atoms with van der Waals surface area (Å²) >= 11 is 0. The maximum atomic E-state index is 12.3. The molecule has 1 unspecified atom stereocenters. The summed E-state index contributed by atoms with van der Waals surface area (Å²) in [6.07, 6.45) is -6.27. The number of aliphatic hydroxyl groups is 1. The zero-order chi connectivity index (χ0) is 21.7. The zero-order valence-corrected chi connectivity index (χ0v) is 15.8. The first-order valence-electron chi connectivity index (χ1n) is 8.88. The van der Waals surface area contributed by atoms with Crippen LogP contribution >= 0.6 is 0 Å². The minimum Gasteiger partial charge on any atom is -0.473 e. The highest BCUT2D eigenvalue weighted by Gasteiger charge is 2.38. The van der Waals surface area contributed by atoms with E-state index in [0.717, 1.165) is 11.1 Å². The Morgan fingerprint density at radius 3 is 2.60 bits per heavy atom. The fourth-order valence-electron chi connectivity index (χ4n) is 2.54. The van der Waals surface area contributed by atoms with E-state index in [2.05, 4.69) is 10.1 Å².